The van der Waals surface area contributed by atoms with Gasteiger partial charge in [-0.1, -0.05) is 12.1 Å². The number of carbonyl (C=O) groups is 2. The second-order valence-corrected chi connectivity index (χ2v) is 8.51. The molecule has 1 fully saturated rings. The second kappa shape index (κ2) is 9.71. The monoisotopic (exact) mass is 477 g/mol. The summed E-state index contributed by atoms with van der Waals surface area (Å²) in [6, 6.07) is 13.9. The van der Waals surface area contributed by atoms with E-state index in [4.69, 9.17) is 9.47 Å². The number of nitrogens with zero attached hydrogens (tertiary/aromatic N) is 3. The normalized spacial score (nSPS) is 16.2. The number of benzene rings is 2. The van der Waals surface area contributed by atoms with Gasteiger partial charge in [0.05, 0.1) is 0 Å². The topological polar surface area (TPSA) is 81.1 Å². The molecule has 8 nitrogen and oxygen atoms in total. The Bertz CT molecular complexity index is 1300. The number of carbonyl (C=O) groups excluding carboxylic acids is 2. The van der Waals surface area contributed by atoms with Gasteiger partial charge in [-0.05, 0) is 48.0 Å². The molecule has 1 atom stereocenters. The van der Waals surface area contributed by atoms with Crippen LogP contribution in [0.2, 0.25) is 0 Å². The van der Waals surface area contributed by atoms with Crippen molar-refractivity contribution in [1.82, 2.24) is 14.4 Å². The molecule has 0 bridgehead atoms. The minimum atomic E-state index is -1.35. The number of piperazine rings is 1. The highest BCUT2D eigenvalue weighted by molar-refractivity contribution is 6.11. The molecule has 5 rings (SSSR count). The van der Waals surface area contributed by atoms with Gasteiger partial charge in [-0.15, -0.1) is 0 Å². The summed E-state index contributed by atoms with van der Waals surface area (Å²) in [6.07, 6.45) is 1.43. The van der Waals surface area contributed by atoms with E-state index in [1.807, 2.05) is 18.2 Å². The first-order chi connectivity index (χ1) is 17.0. The summed E-state index contributed by atoms with van der Waals surface area (Å²) in [5.41, 5.74) is 0.791. The number of halogens is 1. The van der Waals surface area contributed by atoms with E-state index in [1.165, 1.54) is 24.4 Å². The molecule has 2 aliphatic heterocycles. The molecular formula is C26H24FN3O5. The third kappa shape index (κ3) is 4.81. The standard InChI is InChI=1S/C26H24FN3O5/c27-20-7-5-19(6-8-20)25(32)24(30-10-2-1-3-23(30)31)26(33)29-13-11-28(12-14-29)16-18-4-9-21-22(15-18)35-17-34-21/h1-10,15,24H,11-14,16-17H2. The van der Waals surface area contributed by atoms with Crippen LogP contribution in [-0.4, -0.2) is 59.0 Å². The smallest absolute Gasteiger partial charge is 0.253 e. The summed E-state index contributed by atoms with van der Waals surface area (Å²) in [5.74, 6) is -0.0229. The summed E-state index contributed by atoms with van der Waals surface area (Å²) in [6.45, 7) is 2.97. The molecular weight excluding hydrogens is 453 g/mol. The lowest BCUT2D eigenvalue weighted by atomic mass is 10.0. The average molecular weight is 477 g/mol. The number of ether oxygens (including phenoxy) is 2. The molecule has 9 heteroatoms. The molecule has 0 N–H and O–H groups in total. The van der Waals surface area contributed by atoms with E-state index < -0.39 is 29.1 Å². The highest BCUT2D eigenvalue weighted by atomic mass is 19.1. The Morgan fingerprint density at radius 3 is 2.40 bits per heavy atom. The van der Waals surface area contributed by atoms with Crippen molar-refractivity contribution in [3.05, 3.63) is 94.2 Å². The van der Waals surface area contributed by atoms with E-state index in [2.05, 4.69) is 4.90 Å². The zero-order chi connectivity index (χ0) is 24.4. The Hall–Kier alpha value is -3.98. The Kier molecular flexibility index (Phi) is 6.33. The number of ketones is 1. The first-order valence-electron chi connectivity index (χ1n) is 11.4. The van der Waals surface area contributed by atoms with E-state index in [0.717, 1.165) is 33.8 Å². The van der Waals surface area contributed by atoms with Crippen LogP contribution in [0.15, 0.2) is 71.7 Å². The molecule has 0 radical (unpaired) electrons. The Balaban J connectivity index is 1.31. The number of hydrogen-bond donors (Lipinski definition) is 0. The average Bonchev–Trinajstić information content (AvgIpc) is 3.34. The molecule has 1 aromatic heterocycles. The van der Waals surface area contributed by atoms with Gasteiger partial charge >= 0.3 is 0 Å². The van der Waals surface area contributed by atoms with Gasteiger partial charge in [-0.25, -0.2) is 4.39 Å². The Morgan fingerprint density at radius 1 is 0.914 bits per heavy atom. The maximum atomic E-state index is 13.5. The van der Waals surface area contributed by atoms with Gasteiger partial charge in [-0.3, -0.25) is 23.9 Å². The number of aromatic nitrogens is 1. The number of amides is 1. The van der Waals surface area contributed by atoms with Crippen LogP contribution in [0.25, 0.3) is 0 Å². The van der Waals surface area contributed by atoms with Gasteiger partial charge in [0.2, 0.25) is 6.79 Å². The van der Waals surface area contributed by atoms with E-state index in [-0.39, 0.29) is 12.4 Å². The van der Waals surface area contributed by atoms with Crippen molar-refractivity contribution in [2.75, 3.05) is 33.0 Å². The largest absolute Gasteiger partial charge is 0.454 e. The molecule has 3 heterocycles. The maximum absolute atomic E-state index is 13.5. The Labute approximate surface area is 201 Å². The molecule has 0 aliphatic carbocycles. The molecule has 35 heavy (non-hydrogen) atoms. The van der Waals surface area contributed by atoms with Crippen molar-refractivity contribution < 1.29 is 23.5 Å². The summed E-state index contributed by atoms with van der Waals surface area (Å²) in [4.78, 5) is 43.2. The third-order valence-corrected chi connectivity index (χ3v) is 6.27. The van der Waals surface area contributed by atoms with Crippen molar-refractivity contribution in [1.29, 1.82) is 0 Å². The zero-order valence-electron chi connectivity index (χ0n) is 18.9. The predicted octanol–water partition coefficient (Wildman–Crippen LogP) is 2.48. The minimum absolute atomic E-state index is 0.168. The van der Waals surface area contributed by atoms with E-state index in [1.54, 1.807) is 17.0 Å². The van der Waals surface area contributed by atoms with Crippen molar-refractivity contribution in [2.24, 2.45) is 0 Å². The number of fused-ring (bicyclic) bond motifs is 1. The lowest BCUT2D eigenvalue weighted by Crippen LogP contribution is -2.52. The van der Waals surface area contributed by atoms with Crippen molar-refractivity contribution in [3.8, 4) is 11.5 Å². The summed E-state index contributed by atoms with van der Waals surface area (Å²) in [5, 5.41) is 0. The second-order valence-electron chi connectivity index (χ2n) is 8.51. The quantitative estimate of drug-likeness (QED) is 0.401. The highest BCUT2D eigenvalue weighted by Crippen LogP contribution is 2.33. The van der Waals surface area contributed by atoms with Crippen LogP contribution in [0, 0.1) is 5.82 Å². The van der Waals surface area contributed by atoms with Gasteiger partial charge in [0.1, 0.15) is 5.82 Å². The van der Waals surface area contributed by atoms with Crippen molar-refractivity contribution in [2.45, 2.75) is 12.6 Å². The molecule has 1 unspecified atom stereocenters. The van der Waals surface area contributed by atoms with Crippen molar-refractivity contribution >= 4 is 11.7 Å². The van der Waals surface area contributed by atoms with E-state index >= 15 is 0 Å². The van der Waals surface area contributed by atoms with Gasteiger partial charge < -0.3 is 14.4 Å². The molecule has 0 saturated carbocycles. The van der Waals surface area contributed by atoms with Crippen LogP contribution < -0.4 is 15.0 Å². The molecule has 1 amide bonds. The fourth-order valence-corrected chi connectivity index (χ4v) is 4.38. The fourth-order valence-electron chi connectivity index (χ4n) is 4.38. The van der Waals surface area contributed by atoms with Gasteiger partial charge in [0.15, 0.2) is 23.3 Å². The number of hydrogen-bond acceptors (Lipinski definition) is 6. The fraction of sp³-hybridized carbons (Fsp3) is 0.269. The lowest BCUT2D eigenvalue weighted by Gasteiger charge is -2.36. The lowest BCUT2D eigenvalue weighted by molar-refractivity contribution is -0.135. The van der Waals surface area contributed by atoms with Crippen molar-refractivity contribution in [3.63, 3.8) is 0 Å². The van der Waals surface area contributed by atoms with Crippen LogP contribution in [0.1, 0.15) is 22.0 Å². The molecule has 0 spiro atoms. The number of Topliss-reactive ketones (excluding diaryl/α,β-unsaturated/α-hetero) is 1. The van der Waals surface area contributed by atoms with Crippen LogP contribution in [0.5, 0.6) is 11.5 Å². The van der Waals surface area contributed by atoms with Gasteiger partial charge in [0, 0.05) is 50.6 Å². The predicted molar refractivity (Wildman–Crippen MR) is 125 cm³/mol. The van der Waals surface area contributed by atoms with Crippen LogP contribution in [-0.2, 0) is 11.3 Å². The van der Waals surface area contributed by atoms with Crippen LogP contribution in [0.4, 0.5) is 4.39 Å². The number of rotatable bonds is 6. The van der Waals surface area contributed by atoms with Crippen LogP contribution in [0.3, 0.4) is 0 Å². The maximum Gasteiger partial charge on any atom is 0.253 e. The molecule has 180 valence electrons. The molecule has 2 aliphatic rings. The zero-order valence-corrected chi connectivity index (χ0v) is 18.9. The third-order valence-electron chi connectivity index (χ3n) is 6.27. The van der Waals surface area contributed by atoms with E-state index in [0.29, 0.717) is 32.7 Å². The first-order valence-corrected chi connectivity index (χ1v) is 11.4. The SMILES string of the molecule is O=C(c1ccc(F)cc1)C(C(=O)N1CCN(Cc2ccc3c(c2)OCO3)CC1)n1ccccc1=O. The van der Waals surface area contributed by atoms with Gasteiger partial charge in [-0.2, -0.15) is 0 Å². The minimum Gasteiger partial charge on any atom is -0.454 e. The first kappa shape index (κ1) is 22.8. The van der Waals surface area contributed by atoms with Gasteiger partial charge in [0.25, 0.3) is 11.5 Å². The molecule has 3 aromatic rings. The molecule has 1 saturated heterocycles. The Morgan fingerprint density at radius 2 is 1.66 bits per heavy atom. The number of pyridine rings is 1. The summed E-state index contributed by atoms with van der Waals surface area (Å²) >= 11 is 0. The highest BCUT2D eigenvalue weighted by Gasteiger charge is 2.35. The van der Waals surface area contributed by atoms with Crippen LogP contribution >= 0.6 is 0 Å². The molecule has 2 aromatic carbocycles. The summed E-state index contributed by atoms with van der Waals surface area (Å²) < 4.78 is 25.3. The van der Waals surface area contributed by atoms with E-state index in [9.17, 15) is 18.8 Å². The summed E-state index contributed by atoms with van der Waals surface area (Å²) in [7, 11) is 0.